The molecule has 6 nitrogen and oxygen atoms in total. The maximum absolute atomic E-state index is 12.5. The number of hydrogen-bond acceptors (Lipinski definition) is 5. The summed E-state index contributed by atoms with van der Waals surface area (Å²) in [6.07, 6.45) is 2.23. The van der Waals surface area contributed by atoms with Crippen molar-refractivity contribution in [1.29, 1.82) is 0 Å². The number of anilines is 1. The van der Waals surface area contributed by atoms with Crippen molar-refractivity contribution < 1.29 is 17.7 Å². The van der Waals surface area contributed by atoms with Crippen molar-refractivity contribution in [1.82, 2.24) is 5.16 Å². The number of hydrogen-bond donors (Lipinski definition) is 1. The number of ether oxygens (including phenoxy) is 1. The lowest BCUT2D eigenvalue weighted by Crippen LogP contribution is -2.15. The Kier molecular flexibility index (Phi) is 4.01. The van der Waals surface area contributed by atoms with Crippen LogP contribution in [0.2, 0.25) is 5.02 Å². The molecule has 1 heterocycles. The van der Waals surface area contributed by atoms with Crippen molar-refractivity contribution >= 4 is 27.4 Å². The standard InChI is InChI=1S/C14H15ClN2O4S/c1-9-6-14(16-21-9)17-22(18,19)13-7-11(15)4-5-12(13)20-8-10-2-3-10/h4-7,10H,2-3,8H2,1H3,(H,16,17). The highest BCUT2D eigenvalue weighted by molar-refractivity contribution is 7.92. The van der Waals surface area contributed by atoms with Crippen molar-refractivity contribution in [2.75, 3.05) is 11.3 Å². The number of aryl methyl sites for hydroxylation is 1. The van der Waals surface area contributed by atoms with Crippen LogP contribution in [0.4, 0.5) is 5.82 Å². The average molecular weight is 343 g/mol. The van der Waals surface area contributed by atoms with Crippen LogP contribution < -0.4 is 9.46 Å². The average Bonchev–Trinajstić information content (AvgIpc) is 3.20. The van der Waals surface area contributed by atoms with E-state index >= 15 is 0 Å². The van der Waals surface area contributed by atoms with Crippen LogP contribution in [0.1, 0.15) is 18.6 Å². The Morgan fingerprint density at radius 1 is 1.41 bits per heavy atom. The summed E-state index contributed by atoms with van der Waals surface area (Å²) in [5.41, 5.74) is 0. The van der Waals surface area contributed by atoms with Crippen LogP contribution in [-0.4, -0.2) is 20.2 Å². The molecule has 0 atom stereocenters. The summed E-state index contributed by atoms with van der Waals surface area (Å²) in [4.78, 5) is -0.0127. The van der Waals surface area contributed by atoms with Crippen molar-refractivity contribution in [2.45, 2.75) is 24.7 Å². The molecule has 3 rings (SSSR count). The first-order valence-corrected chi connectivity index (χ1v) is 8.68. The van der Waals surface area contributed by atoms with Gasteiger partial charge in [-0.1, -0.05) is 16.8 Å². The van der Waals surface area contributed by atoms with E-state index in [1.54, 1.807) is 19.1 Å². The van der Waals surface area contributed by atoms with Gasteiger partial charge in [0.25, 0.3) is 10.0 Å². The lowest BCUT2D eigenvalue weighted by Gasteiger charge is -2.12. The Balaban J connectivity index is 1.88. The van der Waals surface area contributed by atoms with Gasteiger partial charge in [-0.15, -0.1) is 0 Å². The molecule has 8 heteroatoms. The number of halogens is 1. The smallest absolute Gasteiger partial charge is 0.266 e. The Morgan fingerprint density at radius 2 is 2.18 bits per heavy atom. The zero-order valence-corrected chi connectivity index (χ0v) is 13.4. The van der Waals surface area contributed by atoms with E-state index in [-0.39, 0.29) is 16.5 Å². The second kappa shape index (κ2) is 5.81. The highest BCUT2D eigenvalue weighted by Gasteiger charge is 2.25. The van der Waals surface area contributed by atoms with Crippen LogP contribution in [0.3, 0.4) is 0 Å². The van der Waals surface area contributed by atoms with Gasteiger partial charge in [0.1, 0.15) is 16.4 Å². The fourth-order valence-electron chi connectivity index (χ4n) is 1.91. The van der Waals surface area contributed by atoms with E-state index in [4.69, 9.17) is 20.9 Å². The zero-order valence-electron chi connectivity index (χ0n) is 11.9. The van der Waals surface area contributed by atoms with E-state index < -0.39 is 10.0 Å². The van der Waals surface area contributed by atoms with Crippen LogP contribution in [0.15, 0.2) is 33.7 Å². The molecule has 118 valence electrons. The van der Waals surface area contributed by atoms with Crippen LogP contribution in [0.5, 0.6) is 5.75 Å². The minimum absolute atomic E-state index is 0.0127. The van der Waals surface area contributed by atoms with Crippen molar-refractivity contribution in [3.05, 3.63) is 35.0 Å². The largest absolute Gasteiger partial charge is 0.492 e. The minimum Gasteiger partial charge on any atom is -0.492 e. The van der Waals surface area contributed by atoms with Crippen LogP contribution >= 0.6 is 11.6 Å². The van der Waals surface area contributed by atoms with E-state index in [0.29, 0.717) is 23.3 Å². The predicted molar refractivity (Wildman–Crippen MR) is 81.7 cm³/mol. The molecule has 0 radical (unpaired) electrons. The molecular formula is C14H15ClN2O4S. The lowest BCUT2D eigenvalue weighted by molar-refractivity contribution is 0.292. The molecule has 22 heavy (non-hydrogen) atoms. The SMILES string of the molecule is Cc1cc(NS(=O)(=O)c2cc(Cl)ccc2OCC2CC2)no1. The van der Waals surface area contributed by atoms with E-state index in [0.717, 1.165) is 12.8 Å². The fourth-order valence-corrected chi connectivity index (χ4v) is 3.30. The van der Waals surface area contributed by atoms with Crippen molar-refractivity contribution in [3.63, 3.8) is 0 Å². The molecule has 1 aromatic heterocycles. The van der Waals surface area contributed by atoms with E-state index in [1.807, 2.05) is 0 Å². The molecule has 1 fully saturated rings. The molecule has 1 aliphatic rings. The van der Waals surface area contributed by atoms with Gasteiger partial charge in [0.15, 0.2) is 5.82 Å². The molecule has 0 saturated heterocycles. The molecule has 0 aliphatic heterocycles. The van der Waals surface area contributed by atoms with E-state index in [2.05, 4.69) is 9.88 Å². The highest BCUT2D eigenvalue weighted by Crippen LogP contribution is 2.33. The summed E-state index contributed by atoms with van der Waals surface area (Å²) >= 11 is 5.92. The normalized spacial score (nSPS) is 14.8. The van der Waals surface area contributed by atoms with Gasteiger partial charge in [0.05, 0.1) is 6.61 Å². The second-order valence-electron chi connectivity index (χ2n) is 5.27. The molecule has 0 bridgehead atoms. The van der Waals surface area contributed by atoms with Crippen molar-refractivity contribution in [3.8, 4) is 5.75 Å². The summed E-state index contributed by atoms with van der Waals surface area (Å²) in [6, 6.07) is 6.02. The molecule has 0 unspecified atom stereocenters. The van der Waals surface area contributed by atoms with Gasteiger partial charge >= 0.3 is 0 Å². The molecule has 2 aromatic rings. The molecule has 1 saturated carbocycles. The van der Waals surface area contributed by atoms with Gasteiger partial charge in [-0.05, 0) is 43.9 Å². The Bertz CT molecular complexity index is 784. The summed E-state index contributed by atoms with van der Waals surface area (Å²) in [5.74, 6) is 1.42. The third-order valence-electron chi connectivity index (χ3n) is 3.23. The van der Waals surface area contributed by atoms with Gasteiger partial charge in [0.2, 0.25) is 0 Å². The monoisotopic (exact) mass is 342 g/mol. The van der Waals surface area contributed by atoms with Crippen LogP contribution in [-0.2, 0) is 10.0 Å². The molecule has 1 aromatic carbocycles. The molecular weight excluding hydrogens is 328 g/mol. The van der Waals surface area contributed by atoms with Crippen LogP contribution in [0, 0.1) is 12.8 Å². The number of nitrogens with one attached hydrogen (secondary N) is 1. The Labute approximate surface area is 133 Å². The quantitative estimate of drug-likeness (QED) is 0.871. The van der Waals surface area contributed by atoms with Gasteiger partial charge < -0.3 is 9.26 Å². The lowest BCUT2D eigenvalue weighted by atomic mass is 10.3. The predicted octanol–water partition coefficient (Wildman–Crippen LogP) is 3.23. The number of nitrogens with zero attached hydrogens (tertiary/aromatic N) is 1. The molecule has 0 amide bonds. The summed E-state index contributed by atoms with van der Waals surface area (Å²) in [6.45, 7) is 2.18. The molecule has 0 spiro atoms. The Morgan fingerprint density at radius 3 is 2.82 bits per heavy atom. The Hall–Kier alpha value is -1.73. The third-order valence-corrected chi connectivity index (χ3v) is 4.84. The first-order chi connectivity index (χ1) is 10.4. The number of rotatable bonds is 6. The second-order valence-corrected chi connectivity index (χ2v) is 7.36. The number of benzene rings is 1. The minimum atomic E-state index is -3.86. The number of aromatic nitrogens is 1. The molecule has 1 N–H and O–H groups in total. The third kappa shape index (κ3) is 3.53. The summed E-state index contributed by atoms with van der Waals surface area (Å²) < 4.78 is 37.9. The van der Waals surface area contributed by atoms with Gasteiger partial charge in [-0.2, -0.15) is 0 Å². The zero-order chi connectivity index (χ0) is 15.7. The topological polar surface area (TPSA) is 81.4 Å². The number of sulfonamides is 1. The molecule has 1 aliphatic carbocycles. The van der Waals surface area contributed by atoms with Crippen LogP contribution in [0.25, 0.3) is 0 Å². The van der Waals surface area contributed by atoms with Crippen molar-refractivity contribution in [2.24, 2.45) is 5.92 Å². The van der Waals surface area contributed by atoms with Gasteiger partial charge in [-0.3, -0.25) is 4.72 Å². The first kappa shape index (κ1) is 15.2. The highest BCUT2D eigenvalue weighted by atomic mass is 35.5. The van der Waals surface area contributed by atoms with Gasteiger partial charge in [-0.25, -0.2) is 8.42 Å². The maximum Gasteiger partial charge on any atom is 0.266 e. The maximum atomic E-state index is 12.5. The summed E-state index contributed by atoms with van der Waals surface area (Å²) in [5, 5.41) is 3.94. The van der Waals surface area contributed by atoms with E-state index in [9.17, 15) is 8.42 Å². The summed E-state index contributed by atoms with van der Waals surface area (Å²) in [7, 11) is -3.86. The van der Waals surface area contributed by atoms with Gasteiger partial charge in [0, 0.05) is 11.1 Å². The fraction of sp³-hybridized carbons (Fsp3) is 0.357. The van der Waals surface area contributed by atoms with E-state index in [1.165, 1.54) is 12.1 Å². The first-order valence-electron chi connectivity index (χ1n) is 6.82.